The number of benzene rings is 1. The van der Waals surface area contributed by atoms with E-state index in [4.69, 9.17) is 0 Å². The number of nitrogens with zero attached hydrogens (tertiary/aromatic N) is 2. The molecule has 1 aliphatic heterocycles. The molecule has 3 aromatic rings. The number of fused-ring (bicyclic) bond motifs is 1. The van der Waals surface area contributed by atoms with Gasteiger partial charge in [-0.15, -0.1) is 23.1 Å². The molecule has 0 atom stereocenters. The zero-order valence-electron chi connectivity index (χ0n) is 18.6. The summed E-state index contributed by atoms with van der Waals surface area (Å²) in [6.07, 6.45) is -0.293. The molecule has 4 nitrogen and oxygen atoms in total. The van der Waals surface area contributed by atoms with E-state index in [-0.39, 0.29) is 0 Å². The fourth-order valence-electron chi connectivity index (χ4n) is 4.03. The molecule has 1 aliphatic rings. The minimum atomic E-state index is -4.33. The third-order valence-corrected chi connectivity index (χ3v) is 7.84. The second kappa shape index (κ2) is 10.3. The number of thioether (sulfide) groups is 1. The number of aromatic nitrogens is 1. The van der Waals surface area contributed by atoms with Crippen LogP contribution >= 0.6 is 23.1 Å². The predicted octanol–water partition coefficient (Wildman–Crippen LogP) is 5.96. The van der Waals surface area contributed by atoms with E-state index in [0.29, 0.717) is 23.8 Å². The molecule has 2 N–H and O–H groups in total. The van der Waals surface area contributed by atoms with Gasteiger partial charge in [-0.25, -0.2) is 0 Å². The monoisotopic (exact) mass is 492 g/mol. The van der Waals surface area contributed by atoms with Gasteiger partial charge in [0.2, 0.25) is 0 Å². The van der Waals surface area contributed by atoms with Crippen LogP contribution in [0, 0.1) is 11.8 Å². The first kappa shape index (κ1) is 23.9. The molecular formula is C24H27F3N4S2. The molecule has 2 aromatic heterocycles. The van der Waals surface area contributed by atoms with E-state index < -0.39 is 12.7 Å². The fraction of sp³-hybridized carbons (Fsp3) is 0.417. The van der Waals surface area contributed by atoms with Crippen molar-refractivity contribution in [1.29, 1.82) is 0 Å². The Hall–Kier alpha value is -2.28. The van der Waals surface area contributed by atoms with Crippen molar-refractivity contribution in [3.8, 4) is 11.8 Å². The number of nitrogens with one attached hydrogen (secondary N) is 2. The van der Waals surface area contributed by atoms with E-state index in [9.17, 15) is 13.2 Å². The SMILES string of the molecule is CSc1ccc(NCC#Cc2cc3c(NC4CCN(C)CC4)cccc3n2CC(F)(F)F)s1. The molecule has 176 valence electrons. The number of piperidine rings is 1. The maximum absolute atomic E-state index is 13.4. The molecule has 0 amide bonds. The highest BCUT2D eigenvalue weighted by Crippen LogP contribution is 2.31. The fourth-order valence-corrected chi connectivity index (χ4v) is 5.47. The highest BCUT2D eigenvalue weighted by Gasteiger charge is 2.30. The van der Waals surface area contributed by atoms with Crippen molar-refractivity contribution >= 4 is 44.7 Å². The van der Waals surface area contributed by atoms with Gasteiger partial charge in [-0.1, -0.05) is 12.0 Å². The lowest BCUT2D eigenvalue weighted by molar-refractivity contribution is -0.140. The van der Waals surface area contributed by atoms with Gasteiger partial charge < -0.3 is 20.1 Å². The van der Waals surface area contributed by atoms with Crippen LogP contribution < -0.4 is 10.6 Å². The number of hydrogen-bond acceptors (Lipinski definition) is 5. The van der Waals surface area contributed by atoms with Crippen molar-refractivity contribution < 1.29 is 13.2 Å². The minimum Gasteiger partial charge on any atom is -0.382 e. The second-order valence-corrected chi connectivity index (χ2v) is 10.4. The largest absolute Gasteiger partial charge is 0.406 e. The molecular weight excluding hydrogens is 465 g/mol. The van der Waals surface area contributed by atoms with E-state index in [0.717, 1.165) is 42.0 Å². The zero-order valence-corrected chi connectivity index (χ0v) is 20.3. The molecule has 0 saturated carbocycles. The first-order valence-corrected chi connectivity index (χ1v) is 12.9. The van der Waals surface area contributed by atoms with Crippen LogP contribution in [0.4, 0.5) is 23.9 Å². The van der Waals surface area contributed by atoms with Gasteiger partial charge in [-0.3, -0.25) is 0 Å². The second-order valence-electron chi connectivity index (χ2n) is 8.17. The van der Waals surface area contributed by atoms with E-state index >= 15 is 0 Å². The predicted molar refractivity (Wildman–Crippen MR) is 134 cm³/mol. The molecule has 1 fully saturated rings. The number of halogens is 3. The summed E-state index contributed by atoms with van der Waals surface area (Å²) in [5.41, 5.74) is 1.79. The zero-order chi connectivity index (χ0) is 23.4. The molecule has 0 bridgehead atoms. The molecule has 9 heteroatoms. The number of thiophene rings is 1. The van der Waals surface area contributed by atoms with Gasteiger partial charge in [-0.05, 0) is 75.5 Å². The first-order valence-electron chi connectivity index (χ1n) is 10.8. The first-order chi connectivity index (χ1) is 15.8. The molecule has 1 saturated heterocycles. The molecule has 4 rings (SSSR count). The average molecular weight is 493 g/mol. The lowest BCUT2D eigenvalue weighted by atomic mass is 10.0. The number of hydrogen-bond donors (Lipinski definition) is 2. The van der Waals surface area contributed by atoms with Gasteiger partial charge >= 0.3 is 6.18 Å². The van der Waals surface area contributed by atoms with E-state index in [1.807, 2.05) is 30.5 Å². The van der Waals surface area contributed by atoms with Gasteiger partial charge in [0.25, 0.3) is 0 Å². The Morgan fingerprint density at radius 3 is 2.67 bits per heavy atom. The van der Waals surface area contributed by atoms with Crippen molar-refractivity contribution in [2.24, 2.45) is 0 Å². The van der Waals surface area contributed by atoms with Crippen LogP contribution in [0.5, 0.6) is 0 Å². The van der Waals surface area contributed by atoms with Crippen LogP contribution in [0.2, 0.25) is 0 Å². The van der Waals surface area contributed by atoms with Crippen molar-refractivity contribution in [1.82, 2.24) is 9.47 Å². The van der Waals surface area contributed by atoms with Crippen LogP contribution in [-0.2, 0) is 6.54 Å². The Labute approximate surface area is 200 Å². The Kier molecular flexibility index (Phi) is 7.47. The number of likely N-dealkylation sites (tertiary alicyclic amines) is 1. The average Bonchev–Trinajstić information content (AvgIpc) is 3.37. The third kappa shape index (κ3) is 6.19. The van der Waals surface area contributed by atoms with Crippen molar-refractivity contribution in [3.63, 3.8) is 0 Å². The van der Waals surface area contributed by atoms with Gasteiger partial charge in [0.15, 0.2) is 0 Å². The van der Waals surface area contributed by atoms with Gasteiger partial charge in [0, 0.05) is 17.1 Å². The standard InChI is InChI=1S/C24H27F3N4S2/c1-30-13-10-17(11-14-30)29-20-6-3-7-21-19(20)15-18(31(21)16-24(25,26)27)5-4-12-28-22-8-9-23(32-2)33-22/h3,6-9,15,17,28-29H,10-14,16H2,1-2H3. The van der Waals surface area contributed by atoms with Gasteiger partial charge in [-0.2, -0.15) is 13.2 Å². The van der Waals surface area contributed by atoms with Crippen LogP contribution in [0.3, 0.4) is 0 Å². The summed E-state index contributed by atoms with van der Waals surface area (Å²) in [6.45, 7) is 1.32. The summed E-state index contributed by atoms with van der Waals surface area (Å²) >= 11 is 3.30. The minimum absolute atomic E-state index is 0.313. The molecule has 0 spiro atoms. The Bertz CT molecular complexity index is 1150. The van der Waals surface area contributed by atoms with Crippen molar-refractivity contribution in [3.05, 3.63) is 42.1 Å². The molecule has 33 heavy (non-hydrogen) atoms. The van der Waals surface area contributed by atoms with E-state index in [2.05, 4.69) is 34.4 Å². The number of rotatable bonds is 6. The lowest BCUT2D eigenvalue weighted by Gasteiger charge is -2.30. The molecule has 0 unspecified atom stereocenters. The van der Waals surface area contributed by atoms with Gasteiger partial charge in [0.1, 0.15) is 6.54 Å². The normalized spacial score (nSPS) is 15.4. The summed E-state index contributed by atoms with van der Waals surface area (Å²) < 4.78 is 42.6. The summed E-state index contributed by atoms with van der Waals surface area (Å²) in [5, 5.41) is 8.56. The summed E-state index contributed by atoms with van der Waals surface area (Å²) in [5.74, 6) is 5.96. The molecule has 0 radical (unpaired) electrons. The smallest absolute Gasteiger partial charge is 0.382 e. The topological polar surface area (TPSA) is 32.2 Å². The molecule has 3 heterocycles. The van der Waals surface area contributed by atoms with Crippen LogP contribution in [0.1, 0.15) is 18.5 Å². The Balaban J connectivity index is 1.58. The number of anilines is 2. The Morgan fingerprint density at radius 2 is 1.97 bits per heavy atom. The highest BCUT2D eigenvalue weighted by atomic mass is 32.2. The maximum atomic E-state index is 13.4. The summed E-state index contributed by atoms with van der Waals surface area (Å²) in [7, 11) is 2.11. The van der Waals surface area contributed by atoms with Crippen LogP contribution in [0.25, 0.3) is 10.9 Å². The van der Waals surface area contributed by atoms with Gasteiger partial charge in [0.05, 0.1) is 27.0 Å². The lowest BCUT2D eigenvalue weighted by Crippen LogP contribution is -2.36. The highest BCUT2D eigenvalue weighted by molar-refractivity contribution is 8.00. The van der Waals surface area contributed by atoms with Crippen LogP contribution in [-0.4, -0.2) is 54.6 Å². The summed E-state index contributed by atoms with van der Waals surface area (Å²) in [6, 6.07) is 11.6. The third-order valence-electron chi connectivity index (χ3n) is 5.71. The molecule has 0 aliphatic carbocycles. The van der Waals surface area contributed by atoms with Crippen LogP contribution in [0.15, 0.2) is 40.6 Å². The molecule has 1 aromatic carbocycles. The quantitative estimate of drug-likeness (QED) is 0.329. The van der Waals surface area contributed by atoms with E-state index in [1.54, 1.807) is 35.2 Å². The number of alkyl halides is 3. The maximum Gasteiger partial charge on any atom is 0.406 e. The summed E-state index contributed by atoms with van der Waals surface area (Å²) in [4.78, 5) is 2.29. The Morgan fingerprint density at radius 1 is 1.18 bits per heavy atom. The van der Waals surface area contributed by atoms with Crippen molar-refractivity contribution in [2.45, 2.75) is 35.8 Å². The van der Waals surface area contributed by atoms with Crippen molar-refractivity contribution in [2.75, 3.05) is 43.6 Å². The van der Waals surface area contributed by atoms with E-state index in [1.165, 1.54) is 8.78 Å².